The van der Waals surface area contributed by atoms with Crippen molar-refractivity contribution in [1.82, 2.24) is 15.6 Å². The van der Waals surface area contributed by atoms with Gasteiger partial charge in [0, 0.05) is 18.6 Å². The maximum absolute atomic E-state index is 12.0. The van der Waals surface area contributed by atoms with E-state index >= 15 is 0 Å². The zero-order chi connectivity index (χ0) is 18.9. The highest BCUT2D eigenvalue weighted by atomic mass is 32.1. The highest BCUT2D eigenvalue weighted by molar-refractivity contribution is 7.15. The van der Waals surface area contributed by atoms with E-state index < -0.39 is 6.10 Å². The Hall–Kier alpha value is -1.44. The number of β-amino-alcohol motifs (C(OH)–C–C–N with tert-alkyl or cyclic N) is 1. The minimum absolute atomic E-state index is 0.0578. The summed E-state index contributed by atoms with van der Waals surface area (Å²) in [5.74, 6) is 0.367. The van der Waals surface area contributed by atoms with Gasteiger partial charge >= 0.3 is 0 Å². The summed E-state index contributed by atoms with van der Waals surface area (Å²) in [5, 5.41) is 16.3. The number of aliphatic hydroxyl groups is 1. The molecule has 1 rings (SSSR count). The Bertz CT molecular complexity index is 550. The molecule has 0 aliphatic carbocycles. The lowest BCUT2D eigenvalue weighted by atomic mass is 10.1. The lowest BCUT2D eigenvalue weighted by Crippen LogP contribution is -2.42. The van der Waals surface area contributed by atoms with Gasteiger partial charge in [-0.15, -0.1) is 0 Å². The first kappa shape index (κ1) is 21.6. The molecule has 0 saturated carbocycles. The van der Waals surface area contributed by atoms with Crippen molar-refractivity contribution in [2.24, 2.45) is 5.92 Å². The fourth-order valence-corrected chi connectivity index (χ4v) is 2.50. The van der Waals surface area contributed by atoms with Crippen LogP contribution in [0.4, 0.5) is 0 Å². The van der Waals surface area contributed by atoms with Crippen LogP contribution < -0.4 is 15.4 Å². The van der Waals surface area contributed by atoms with E-state index in [9.17, 15) is 9.90 Å². The summed E-state index contributed by atoms with van der Waals surface area (Å²) in [7, 11) is 0. The van der Waals surface area contributed by atoms with Gasteiger partial charge in [-0.1, -0.05) is 37.3 Å². The normalized spacial score (nSPS) is 13.4. The molecule has 0 aliphatic rings. The predicted octanol–water partition coefficient (Wildman–Crippen LogP) is 2.60. The maximum Gasteiger partial charge on any atom is 0.273 e. The first-order valence-corrected chi connectivity index (χ1v) is 9.45. The number of hydrogen-bond acceptors (Lipinski definition) is 6. The number of amides is 1. The number of hydrogen-bond donors (Lipinski definition) is 3. The first-order chi connectivity index (χ1) is 11.7. The lowest BCUT2D eigenvalue weighted by Gasteiger charge is -2.22. The molecule has 0 bridgehead atoms. The summed E-state index contributed by atoms with van der Waals surface area (Å²) in [6.07, 6.45) is 5.86. The summed E-state index contributed by atoms with van der Waals surface area (Å²) >= 11 is 1.18. The van der Waals surface area contributed by atoms with Gasteiger partial charge in [-0.05, 0) is 33.1 Å². The molecule has 0 aromatic carbocycles. The van der Waals surface area contributed by atoms with Crippen LogP contribution in [0.1, 0.15) is 50.7 Å². The van der Waals surface area contributed by atoms with Crippen LogP contribution in [-0.2, 0) is 0 Å². The van der Waals surface area contributed by atoms with Crippen LogP contribution in [0.15, 0.2) is 18.3 Å². The van der Waals surface area contributed by atoms with Crippen molar-refractivity contribution < 1.29 is 14.6 Å². The van der Waals surface area contributed by atoms with Crippen molar-refractivity contribution in [2.75, 3.05) is 19.7 Å². The van der Waals surface area contributed by atoms with Gasteiger partial charge in [-0.25, -0.2) is 4.98 Å². The fraction of sp³-hybridized carbons (Fsp3) is 0.667. The molecule has 142 valence electrons. The summed E-state index contributed by atoms with van der Waals surface area (Å²) in [6.45, 7) is 11.5. The maximum atomic E-state index is 12.0. The van der Waals surface area contributed by atoms with E-state index in [4.69, 9.17) is 4.74 Å². The molecule has 25 heavy (non-hydrogen) atoms. The molecule has 0 saturated heterocycles. The van der Waals surface area contributed by atoms with Crippen molar-refractivity contribution in [3.8, 4) is 5.19 Å². The van der Waals surface area contributed by atoms with E-state index in [0.29, 0.717) is 29.1 Å². The number of nitrogens with zero attached hydrogens (tertiary/aromatic N) is 1. The Balaban J connectivity index is 2.32. The third-order valence-corrected chi connectivity index (χ3v) is 4.00. The van der Waals surface area contributed by atoms with Gasteiger partial charge < -0.3 is 20.5 Å². The minimum Gasteiger partial charge on any atom is -0.467 e. The van der Waals surface area contributed by atoms with E-state index in [0.717, 1.165) is 6.42 Å². The largest absolute Gasteiger partial charge is 0.467 e. The van der Waals surface area contributed by atoms with E-state index in [-0.39, 0.29) is 18.1 Å². The molecule has 1 amide bonds. The smallest absolute Gasteiger partial charge is 0.273 e. The Morgan fingerprint density at radius 1 is 1.44 bits per heavy atom. The Labute approximate surface area is 154 Å². The van der Waals surface area contributed by atoms with Crippen molar-refractivity contribution in [1.29, 1.82) is 0 Å². The molecule has 1 atom stereocenters. The van der Waals surface area contributed by atoms with Gasteiger partial charge in [0.15, 0.2) is 0 Å². The Morgan fingerprint density at radius 3 is 2.80 bits per heavy atom. The van der Waals surface area contributed by atoms with E-state index in [2.05, 4.69) is 41.6 Å². The summed E-state index contributed by atoms with van der Waals surface area (Å²) in [5.41, 5.74) is -0.0578. The number of nitrogens with one attached hydrogen (secondary N) is 2. The molecule has 0 aliphatic heterocycles. The van der Waals surface area contributed by atoms with Gasteiger partial charge in [0.05, 0.1) is 6.20 Å². The van der Waals surface area contributed by atoms with Crippen LogP contribution in [0.5, 0.6) is 5.19 Å². The quantitative estimate of drug-likeness (QED) is 0.436. The lowest BCUT2D eigenvalue weighted by molar-refractivity contribution is 0.0958. The zero-order valence-corrected chi connectivity index (χ0v) is 16.7. The van der Waals surface area contributed by atoms with Gasteiger partial charge in [0.25, 0.3) is 11.1 Å². The van der Waals surface area contributed by atoms with Crippen LogP contribution in [0.3, 0.4) is 0 Å². The molecule has 7 heteroatoms. The van der Waals surface area contributed by atoms with Crippen LogP contribution in [0.25, 0.3) is 0 Å². The van der Waals surface area contributed by atoms with Crippen LogP contribution in [-0.4, -0.2) is 47.3 Å². The number of carbonyl (C=O) groups is 1. The number of aliphatic hydroxyl groups excluding tert-OH is 1. The highest BCUT2D eigenvalue weighted by Gasteiger charge is 2.14. The van der Waals surface area contributed by atoms with Crippen molar-refractivity contribution in [2.45, 2.75) is 52.7 Å². The standard InChI is InChI=1S/C18H31N3O3S/c1-13(2)8-6-7-9-19-16(23)15-11-20-17(25-15)24-12-14(22)10-21-18(3,4)5/h6,8,11,13-14,21-22H,7,9-10,12H2,1-5H3,(H,19,23)/b8-6-. The molecular weight excluding hydrogens is 338 g/mol. The second kappa shape index (κ2) is 10.5. The number of thiazole rings is 1. The third kappa shape index (κ3) is 10.2. The summed E-state index contributed by atoms with van der Waals surface area (Å²) in [6, 6.07) is 0. The topological polar surface area (TPSA) is 83.5 Å². The Kier molecular flexibility index (Phi) is 9.10. The second-order valence-electron chi connectivity index (χ2n) is 7.30. The van der Waals surface area contributed by atoms with Crippen LogP contribution in [0.2, 0.25) is 0 Å². The molecule has 0 spiro atoms. The number of allylic oxidation sites excluding steroid dienone is 1. The molecule has 6 nitrogen and oxygen atoms in total. The molecular formula is C18H31N3O3S. The van der Waals surface area contributed by atoms with Crippen molar-refractivity contribution >= 4 is 17.2 Å². The molecule has 1 unspecified atom stereocenters. The molecule has 3 N–H and O–H groups in total. The number of carbonyl (C=O) groups excluding carboxylic acids is 1. The van der Waals surface area contributed by atoms with Gasteiger partial charge in [-0.2, -0.15) is 0 Å². The third-order valence-electron chi connectivity index (χ3n) is 3.09. The van der Waals surface area contributed by atoms with Gasteiger partial charge in [0.1, 0.15) is 17.6 Å². The average Bonchev–Trinajstić information content (AvgIpc) is 2.98. The van der Waals surface area contributed by atoms with Crippen molar-refractivity contribution in [3.05, 3.63) is 23.2 Å². The summed E-state index contributed by atoms with van der Waals surface area (Å²) < 4.78 is 5.46. The van der Waals surface area contributed by atoms with Gasteiger partial charge in [-0.3, -0.25) is 4.79 Å². The fourth-order valence-electron chi connectivity index (χ4n) is 1.80. The highest BCUT2D eigenvalue weighted by Crippen LogP contribution is 2.20. The minimum atomic E-state index is -0.631. The van der Waals surface area contributed by atoms with Crippen LogP contribution in [0, 0.1) is 5.92 Å². The van der Waals surface area contributed by atoms with E-state index in [1.165, 1.54) is 17.5 Å². The first-order valence-electron chi connectivity index (χ1n) is 8.64. The molecule has 0 radical (unpaired) electrons. The second-order valence-corrected chi connectivity index (χ2v) is 8.30. The molecule has 1 heterocycles. The summed E-state index contributed by atoms with van der Waals surface area (Å²) in [4.78, 5) is 16.6. The average molecular weight is 370 g/mol. The monoisotopic (exact) mass is 369 g/mol. The van der Waals surface area contributed by atoms with E-state index in [1.807, 2.05) is 20.8 Å². The van der Waals surface area contributed by atoms with Crippen LogP contribution >= 0.6 is 11.3 Å². The molecule has 1 aromatic heterocycles. The molecule has 0 fully saturated rings. The number of aromatic nitrogens is 1. The van der Waals surface area contributed by atoms with Crippen molar-refractivity contribution in [3.63, 3.8) is 0 Å². The zero-order valence-electron chi connectivity index (χ0n) is 15.8. The molecule has 1 aromatic rings. The Morgan fingerprint density at radius 2 is 2.16 bits per heavy atom. The SMILES string of the molecule is CC(C)/C=C\CCNC(=O)c1cnc(OCC(O)CNC(C)(C)C)s1. The van der Waals surface area contributed by atoms with Gasteiger partial charge in [0.2, 0.25) is 0 Å². The number of rotatable bonds is 10. The number of ether oxygens (including phenoxy) is 1. The predicted molar refractivity (Wildman–Crippen MR) is 102 cm³/mol. The van der Waals surface area contributed by atoms with E-state index in [1.54, 1.807) is 0 Å².